The number of piperidine rings is 1. The number of aromatic nitrogens is 3. The zero-order chi connectivity index (χ0) is 13.7. The Morgan fingerprint density at radius 1 is 1.21 bits per heavy atom. The van der Waals surface area contributed by atoms with E-state index >= 15 is 0 Å². The van der Waals surface area contributed by atoms with Gasteiger partial charge in [0.2, 0.25) is 17.8 Å². The number of anilines is 3. The smallest absolute Gasteiger partial charge is 0.231 e. The molecule has 0 amide bonds. The van der Waals surface area contributed by atoms with Gasteiger partial charge in [0.25, 0.3) is 0 Å². The van der Waals surface area contributed by atoms with Crippen LogP contribution in [0.4, 0.5) is 17.8 Å². The van der Waals surface area contributed by atoms with E-state index < -0.39 is 0 Å². The number of nitrogens with two attached hydrogens (primary N) is 1. The van der Waals surface area contributed by atoms with E-state index in [1.807, 2.05) is 0 Å². The Morgan fingerprint density at radius 2 is 1.95 bits per heavy atom. The fourth-order valence-electron chi connectivity index (χ4n) is 2.41. The van der Waals surface area contributed by atoms with Gasteiger partial charge in [-0.2, -0.15) is 15.0 Å². The maximum absolute atomic E-state index is 5.79. The lowest BCUT2D eigenvalue weighted by molar-refractivity contribution is 0.567. The summed E-state index contributed by atoms with van der Waals surface area (Å²) in [5, 5.41) is 3.29. The second-order valence-electron chi connectivity index (χ2n) is 5.20. The van der Waals surface area contributed by atoms with Gasteiger partial charge >= 0.3 is 0 Å². The minimum absolute atomic E-state index is 0.293. The van der Waals surface area contributed by atoms with Crippen LogP contribution in [0.5, 0.6) is 0 Å². The van der Waals surface area contributed by atoms with Gasteiger partial charge in [-0.05, 0) is 32.6 Å². The van der Waals surface area contributed by atoms with Crippen molar-refractivity contribution in [1.82, 2.24) is 15.0 Å². The average molecular weight is 264 g/mol. The lowest BCUT2D eigenvalue weighted by atomic mass is 10.1. The highest BCUT2D eigenvalue weighted by atomic mass is 15.3. The van der Waals surface area contributed by atoms with Crippen LogP contribution in [0.15, 0.2) is 0 Å². The third kappa shape index (κ3) is 3.94. The number of hydrogen-bond acceptors (Lipinski definition) is 6. The first-order valence-corrected chi connectivity index (χ1v) is 7.22. The molecule has 0 radical (unpaired) electrons. The molecule has 1 aromatic rings. The molecular formula is C13H24N6. The maximum atomic E-state index is 5.79. The standard InChI is InChI=1S/C13H24N6/c1-3-7-10(2)15-12-16-11(14)17-13(18-12)19-8-5-4-6-9-19/h10H,3-9H2,1-2H3,(H3,14,15,16,17,18). The normalized spacial score (nSPS) is 17.3. The molecule has 0 saturated carbocycles. The van der Waals surface area contributed by atoms with Gasteiger partial charge in [0.15, 0.2) is 0 Å². The Kier molecular flexibility index (Phi) is 4.76. The van der Waals surface area contributed by atoms with Crippen molar-refractivity contribution in [3.8, 4) is 0 Å². The van der Waals surface area contributed by atoms with Crippen LogP contribution in [0.3, 0.4) is 0 Å². The lowest BCUT2D eigenvalue weighted by Crippen LogP contribution is -2.31. The Morgan fingerprint density at radius 3 is 2.63 bits per heavy atom. The van der Waals surface area contributed by atoms with Crippen LogP contribution in [-0.2, 0) is 0 Å². The quantitative estimate of drug-likeness (QED) is 0.847. The van der Waals surface area contributed by atoms with Crippen molar-refractivity contribution in [2.45, 2.75) is 52.0 Å². The Hall–Kier alpha value is -1.59. The SMILES string of the molecule is CCCC(C)Nc1nc(N)nc(N2CCCCC2)n1. The van der Waals surface area contributed by atoms with Crippen LogP contribution < -0.4 is 16.0 Å². The first kappa shape index (κ1) is 13.8. The monoisotopic (exact) mass is 264 g/mol. The van der Waals surface area contributed by atoms with Gasteiger partial charge in [-0.3, -0.25) is 0 Å². The second kappa shape index (κ2) is 6.54. The molecule has 1 atom stereocenters. The van der Waals surface area contributed by atoms with Crippen molar-refractivity contribution in [3.05, 3.63) is 0 Å². The average Bonchev–Trinajstić information content (AvgIpc) is 2.39. The summed E-state index contributed by atoms with van der Waals surface area (Å²) >= 11 is 0. The number of rotatable bonds is 5. The summed E-state index contributed by atoms with van der Waals surface area (Å²) in [4.78, 5) is 15.1. The molecule has 6 nitrogen and oxygen atoms in total. The number of nitrogen functional groups attached to an aromatic ring is 1. The highest BCUT2D eigenvalue weighted by Crippen LogP contribution is 2.18. The number of nitrogens with one attached hydrogen (secondary N) is 1. The van der Waals surface area contributed by atoms with Crippen LogP contribution in [0, 0.1) is 0 Å². The van der Waals surface area contributed by atoms with Crippen LogP contribution in [0.1, 0.15) is 46.0 Å². The summed E-state index contributed by atoms with van der Waals surface area (Å²) in [6.45, 7) is 6.31. The molecule has 1 unspecified atom stereocenters. The molecule has 2 rings (SSSR count). The topological polar surface area (TPSA) is 80.0 Å². The van der Waals surface area contributed by atoms with E-state index in [0.717, 1.165) is 25.9 Å². The molecule has 1 aliphatic heterocycles. The van der Waals surface area contributed by atoms with E-state index in [0.29, 0.717) is 23.9 Å². The molecular weight excluding hydrogens is 240 g/mol. The molecule has 0 aromatic carbocycles. The van der Waals surface area contributed by atoms with Crippen molar-refractivity contribution in [2.24, 2.45) is 0 Å². The van der Waals surface area contributed by atoms with E-state index in [2.05, 4.69) is 39.0 Å². The summed E-state index contributed by atoms with van der Waals surface area (Å²) in [6.07, 6.45) is 5.90. The van der Waals surface area contributed by atoms with Crippen molar-refractivity contribution < 1.29 is 0 Å². The van der Waals surface area contributed by atoms with Gasteiger partial charge in [-0.1, -0.05) is 13.3 Å². The Bertz CT molecular complexity index is 402. The molecule has 0 bridgehead atoms. The van der Waals surface area contributed by atoms with Crippen LogP contribution >= 0.6 is 0 Å². The molecule has 1 saturated heterocycles. The first-order chi connectivity index (χ1) is 9.19. The molecule has 6 heteroatoms. The zero-order valence-electron chi connectivity index (χ0n) is 11.9. The van der Waals surface area contributed by atoms with E-state index in [9.17, 15) is 0 Å². The molecule has 1 aliphatic rings. The van der Waals surface area contributed by atoms with Gasteiger partial charge in [-0.25, -0.2) is 0 Å². The third-order valence-corrected chi connectivity index (χ3v) is 3.38. The maximum Gasteiger partial charge on any atom is 0.231 e. The minimum atomic E-state index is 0.293. The zero-order valence-corrected chi connectivity index (χ0v) is 11.9. The second-order valence-corrected chi connectivity index (χ2v) is 5.20. The third-order valence-electron chi connectivity index (χ3n) is 3.38. The number of hydrogen-bond donors (Lipinski definition) is 2. The van der Waals surface area contributed by atoms with Crippen LogP contribution in [0.2, 0.25) is 0 Å². The van der Waals surface area contributed by atoms with Crippen molar-refractivity contribution in [2.75, 3.05) is 29.0 Å². The van der Waals surface area contributed by atoms with E-state index in [1.165, 1.54) is 19.3 Å². The fourth-order valence-corrected chi connectivity index (χ4v) is 2.41. The van der Waals surface area contributed by atoms with Crippen molar-refractivity contribution in [3.63, 3.8) is 0 Å². The molecule has 1 aromatic heterocycles. The van der Waals surface area contributed by atoms with E-state index in [-0.39, 0.29) is 0 Å². The van der Waals surface area contributed by atoms with E-state index in [1.54, 1.807) is 0 Å². The van der Waals surface area contributed by atoms with Gasteiger partial charge < -0.3 is 16.0 Å². The summed E-state index contributed by atoms with van der Waals surface area (Å²) in [6, 6.07) is 0.348. The Labute approximate surface area is 114 Å². The predicted octanol–water partition coefficient (Wildman–Crippen LogP) is 2.04. The molecule has 2 heterocycles. The summed E-state index contributed by atoms with van der Waals surface area (Å²) in [5.74, 6) is 1.59. The van der Waals surface area contributed by atoms with Crippen LogP contribution in [0.25, 0.3) is 0 Å². The van der Waals surface area contributed by atoms with E-state index in [4.69, 9.17) is 5.73 Å². The summed E-state index contributed by atoms with van der Waals surface area (Å²) < 4.78 is 0. The highest BCUT2D eigenvalue weighted by Gasteiger charge is 2.16. The minimum Gasteiger partial charge on any atom is -0.368 e. The van der Waals surface area contributed by atoms with Crippen LogP contribution in [-0.4, -0.2) is 34.1 Å². The highest BCUT2D eigenvalue weighted by molar-refractivity contribution is 5.42. The summed E-state index contributed by atoms with van der Waals surface area (Å²) in [5.41, 5.74) is 5.79. The van der Waals surface area contributed by atoms with Crippen molar-refractivity contribution >= 4 is 17.8 Å². The van der Waals surface area contributed by atoms with Gasteiger partial charge in [0.1, 0.15) is 0 Å². The van der Waals surface area contributed by atoms with Gasteiger partial charge in [0, 0.05) is 19.1 Å². The Balaban J connectivity index is 2.09. The molecule has 0 aliphatic carbocycles. The van der Waals surface area contributed by atoms with Crippen molar-refractivity contribution in [1.29, 1.82) is 0 Å². The van der Waals surface area contributed by atoms with Gasteiger partial charge in [0.05, 0.1) is 0 Å². The summed E-state index contributed by atoms with van der Waals surface area (Å²) in [7, 11) is 0. The molecule has 19 heavy (non-hydrogen) atoms. The van der Waals surface area contributed by atoms with Gasteiger partial charge in [-0.15, -0.1) is 0 Å². The largest absolute Gasteiger partial charge is 0.368 e. The lowest BCUT2D eigenvalue weighted by Gasteiger charge is -2.27. The molecule has 106 valence electrons. The molecule has 1 fully saturated rings. The number of nitrogens with zero attached hydrogens (tertiary/aromatic N) is 4. The predicted molar refractivity (Wildman–Crippen MR) is 78.3 cm³/mol. The molecule has 3 N–H and O–H groups in total. The fraction of sp³-hybridized carbons (Fsp3) is 0.769. The first-order valence-electron chi connectivity index (χ1n) is 7.22. The molecule has 0 spiro atoms.